The fourth-order valence-corrected chi connectivity index (χ4v) is 4.97. The molecule has 1 aromatic heterocycles. The van der Waals surface area contributed by atoms with Gasteiger partial charge in [-0.25, -0.2) is 4.79 Å². The number of benzene rings is 2. The van der Waals surface area contributed by atoms with Crippen LogP contribution in [0.15, 0.2) is 51.7 Å². The number of rotatable bonds is 7. The molecule has 1 fully saturated rings. The molecule has 4 nitrogen and oxygen atoms in total. The van der Waals surface area contributed by atoms with Crippen LogP contribution in [-0.4, -0.2) is 14.2 Å². The number of ether oxygens (including phenoxy) is 2. The van der Waals surface area contributed by atoms with E-state index in [1.165, 1.54) is 50.5 Å². The van der Waals surface area contributed by atoms with Crippen LogP contribution < -0.4 is 15.1 Å². The molecule has 2 aromatic carbocycles. The van der Waals surface area contributed by atoms with Crippen molar-refractivity contribution in [1.82, 2.24) is 0 Å². The topological polar surface area (TPSA) is 48.7 Å². The van der Waals surface area contributed by atoms with Gasteiger partial charge in [0, 0.05) is 5.56 Å². The zero-order valence-corrected chi connectivity index (χ0v) is 18.1. The van der Waals surface area contributed by atoms with Gasteiger partial charge in [0.05, 0.1) is 25.2 Å². The third-order valence-corrected chi connectivity index (χ3v) is 6.61. The van der Waals surface area contributed by atoms with E-state index in [-0.39, 0.29) is 11.0 Å². The second kappa shape index (κ2) is 8.55. The number of methoxy groups -OCH3 is 2. The zero-order chi connectivity index (χ0) is 21.1. The van der Waals surface area contributed by atoms with Crippen LogP contribution in [0.1, 0.15) is 57.4 Å². The maximum absolute atomic E-state index is 12.9. The molecule has 1 heterocycles. The molecule has 1 aliphatic rings. The molecule has 0 bridgehead atoms. The summed E-state index contributed by atoms with van der Waals surface area (Å²) in [5.41, 5.74) is 2.84. The molecule has 1 saturated carbocycles. The fraction of sp³-hybridized carbons (Fsp3) is 0.423. The predicted molar refractivity (Wildman–Crippen MR) is 121 cm³/mol. The van der Waals surface area contributed by atoms with E-state index in [9.17, 15) is 4.79 Å². The summed E-state index contributed by atoms with van der Waals surface area (Å²) in [7, 11) is 3.28. The van der Waals surface area contributed by atoms with Crippen molar-refractivity contribution in [3.05, 3.63) is 58.4 Å². The molecule has 4 heteroatoms. The molecular formula is C26H30O4. The van der Waals surface area contributed by atoms with Crippen molar-refractivity contribution in [1.29, 1.82) is 0 Å². The first-order chi connectivity index (χ1) is 14.6. The predicted octanol–water partition coefficient (Wildman–Crippen LogP) is 6.48. The van der Waals surface area contributed by atoms with Crippen molar-refractivity contribution < 1.29 is 13.9 Å². The first-order valence-corrected chi connectivity index (χ1v) is 10.9. The second-order valence-corrected chi connectivity index (χ2v) is 8.33. The molecule has 30 heavy (non-hydrogen) atoms. The van der Waals surface area contributed by atoms with E-state index in [2.05, 4.69) is 19.1 Å². The van der Waals surface area contributed by atoms with Crippen LogP contribution in [0.25, 0.3) is 22.1 Å². The van der Waals surface area contributed by atoms with Gasteiger partial charge in [0.2, 0.25) is 0 Å². The number of para-hydroxylation sites is 1. The summed E-state index contributed by atoms with van der Waals surface area (Å²) in [5.74, 6) is 1.40. The summed E-state index contributed by atoms with van der Waals surface area (Å²) in [6.45, 7) is 2.24. The first-order valence-electron chi connectivity index (χ1n) is 10.9. The monoisotopic (exact) mass is 406 g/mol. The molecule has 0 saturated heterocycles. The van der Waals surface area contributed by atoms with Gasteiger partial charge in [-0.1, -0.05) is 50.8 Å². The lowest BCUT2D eigenvalue weighted by Gasteiger charge is -2.30. The Morgan fingerprint density at radius 2 is 1.70 bits per heavy atom. The van der Waals surface area contributed by atoms with E-state index in [1.54, 1.807) is 14.2 Å². The molecule has 158 valence electrons. The van der Waals surface area contributed by atoms with E-state index >= 15 is 0 Å². The highest BCUT2D eigenvalue weighted by atomic mass is 16.5. The van der Waals surface area contributed by atoms with E-state index in [1.807, 2.05) is 30.3 Å². The van der Waals surface area contributed by atoms with E-state index in [0.717, 1.165) is 16.7 Å². The lowest BCUT2D eigenvalue weighted by atomic mass is 9.74. The molecular weight excluding hydrogens is 376 g/mol. The average molecular weight is 407 g/mol. The average Bonchev–Trinajstić information content (AvgIpc) is 3.26. The molecule has 0 unspecified atom stereocenters. The van der Waals surface area contributed by atoms with Crippen LogP contribution in [0.2, 0.25) is 0 Å². The summed E-state index contributed by atoms with van der Waals surface area (Å²) >= 11 is 0. The lowest BCUT2D eigenvalue weighted by molar-refractivity contribution is 0.383. The van der Waals surface area contributed by atoms with E-state index < -0.39 is 0 Å². The molecule has 4 rings (SSSR count). The largest absolute Gasteiger partial charge is 0.496 e. The van der Waals surface area contributed by atoms with Crippen molar-refractivity contribution in [2.45, 2.75) is 57.3 Å². The Hall–Kier alpha value is -2.75. The quantitative estimate of drug-likeness (QED) is 0.421. The van der Waals surface area contributed by atoms with Gasteiger partial charge in [-0.15, -0.1) is 0 Å². The third kappa shape index (κ3) is 3.60. The molecule has 0 amide bonds. The lowest BCUT2D eigenvalue weighted by Crippen LogP contribution is -2.22. The van der Waals surface area contributed by atoms with Crippen LogP contribution in [0.4, 0.5) is 0 Å². The van der Waals surface area contributed by atoms with Gasteiger partial charge in [-0.3, -0.25) is 0 Å². The van der Waals surface area contributed by atoms with E-state index in [0.29, 0.717) is 16.9 Å². The Morgan fingerprint density at radius 1 is 0.967 bits per heavy atom. The Kier molecular flexibility index (Phi) is 5.85. The van der Waals surface area contributed by atoms with Crippen molar-refractivity contribution >= 4 is 11.0 Å². The highest BCUT2D eigenvalue weighted by molar-refractivity contribution is 5.89. The van der Waals surface area contributed by atoms with Gasteiger partial charge in [0.15, 0.2) is 0 Å². The normalized spacial score (nSPS) is 15.4. The zero-order valence-electron chi connectivity index (χ0n) is 18.1. The summed E-state index contributed by atoms with van der Waals surface area (Å²) in [4.78, 5) is 12.9. The Morgan fingerprint density at radius 3 is 2.40 bits per heavy atom. The van der Waals surface area contributed by atoms with Crippen molar-refractivity contribution in [3.63, 3.8) is 0 Å². The summed E-state index contributed by atoms with van der Waals surface area (Å²) in [6.07, 6.45) is 8.43. The summed E-state index contributed by atoms with van der Waals surface area (Å²) in [6, 6.07) is 13.6. The highest BCUT2D eigenvalue weighted by Crippen LogP contribution is 2.47. The first kappa shape index (κ1) is 20.5. The minimum absolute atomic E-state index is 0.164. The van der Waals surface area contributed by atoms with Gasteiger partial charge >= 0.3 is 5.63 Å². The van der Waals surface area contributed by atoms with Crippen molar-refractivity contribution in [2.75, 3.05) is 14.2 Å². The van der Waals surface area contributed by atoms with Gasteiger partial charge < -0.3 is 13.9 Å². The molecule has 0 aliphatic heterocycles. The summed E-state index contributed by atoms with van der Waals surface area (Å²) < 4.78 is 17.1. The fourth-order valence-electron chi connectivity index (χ4n) is 4.97. The minimum Gasteiger partial charge on any atom is -0.496 e. The van der Waals surface area contributed by atoms with Gasteiger partial charge in [-0.05, 0) is 54.5 Å². The number of fused-ring (bicyclic) bond motifs is 1. The molecule has 1 aliphatic carbocycles. The Bertz CT molecular complexity index is 1090. The number of unbranched alkanes of at least 4 members (excludes halogenated alkanes) is 1. The van der Waals surface area contributed by atoms with Gasteiger partial charge in [-0.2, -0.15) is 0 Å². The van der Waals surface area contributed by atoms with Crippen LogP contribution in [0.3, 0.4) is 0 Å². The van der Waals surface area contributed by atoms with Gasteiger partial charge in [0.1, 0.15) is 17.1 Å². The summed E-state index contributed by atoms with van der Waals surface area (Å²) in [5, 5.41) is 0.811. The van der Waals surface area contributed by atoms with E-state index in [4.69, 9.17) is 13.9 Å². The Balaban J connectivity index is 1.88. The molecule has 0 spiro atoms. The van der Waals surface area contributed by atoms with Crippen LogP contribution in [-0.2, 0) is 5.41 Å². The van der Waals surface area contributed by atoms with Crippen molar-refractivity contribution in [2.24, 2.45) is 0 Å². The maximum Gasteiger partial charge on any atom is 0.344 e. The molecule has 0 radical (unpaired) electrons. The SMILES string of the molecule is CCCCC1(c2cc(OC)c3cc(-c4ccccc4OC)c(=O)oc3c2)CCCC1. The molecule has 0 N–H and O–H groups in total. The van der Waals surface area contributed by atoms with Gasteiger partial charge in [0.25, 0.3) is 0 Å². The van der Waals surface area contributed by atoms with Crippen LogP contribution >= 0.6 is 0 Å². The number of hydrogen-bond acceptors (Lipinski definition) is 4. The minimum atomic E-state index is -0.361. The smallest absolute Gasteiger partial charge is 0.344 e. The van der Waals surface area contributed by atoms with Crippen LogP contribution in [0, 0.1) is 0 Å². The standard InChI is InChI=1S/C26H30O4/c1-4-5-12-26(13-8-9-14-26)18-15-23(29-3)21-17-20(25(27)30-24(21)16-18)19-10-6-7-11-22(19)28-2/h6-7,10-11,15-17H,4-5,8-9,12-14H2,1-3H3. The molecule has 3 aromatic rings. The number of hydrogen-bond donors (Lipinski definition) is 0. The highest BCUT2D eigenvalue weighted by Gasteiger charge is 2.36. The van der Waals surface area contributed by atoms with Crippen LogP contribution in [0.5, 0.6) is 11.5 Å². The third-order valence-electron chi connectivity index (χ3n) is 6.61. The Labute approximate surface area is 177 Å². The molecule has 0 atom stereocenters. The second-order valence-electron chi connectivity index (χ2n) is 8.33. The maximum atomic E-state index is 12.9. The van der Waals surface area contributed by atoms with Crippen molar-refractivity contribution in [3.8, 4) is 22.6 Å².